The van der Waals surface area contributed by atoms with Gasteiger partial charge in [0, 0.05) is 11.3 Å². The van der Waals surface area contributed by atoms with E-state index in [1.54, 1.807) is 23.0 Å². The van der Waals surface area contributed by atoms with Crippen LogP contribution in [0.2, 0.25) is 0 Å². The zero-order chi connectivity index (χ0) is 22.2. The van der Waals surface area contributed by atoms with E-state index < -0.39 is 23.5 Å². The zero-order valence-corrected chi connectivity index (χ0v) is 17.2. The second-order valence-corrected chi connectivity index (χ2v) is 8.14. The molecule has 0 spiro atoms. The smallest absolute Gasteiger partial charge is 0.283 e. The highest BCUT2D eigenvalue weighted by molar-refractivity contribution is 5.68. The molecule has 4 rings (SSSR count). The lowest BCUT2D eigenvalue weighted by molar-refractivity contribution is -0.0298. The van der Waals surface area contributed by atoms with Gasteiger partial charge in [0.2, 0.25) is 5.95 Å². The highest BCUT2D eigenvalue weighted by Crippen LogP contribution is 2.37. The summed E-state index contributed by atoms with van der Waals surface area (Å²) in [6.45, 7) is 3.70. The highest BCUT2D eigenvalue weighted by atomic mass is 19.3. The van der Waals surface area contributed by atoms with Crippen LogP contribution in [0.5, 0.6) is 0 Å². The summed E-state index contributed by atoms with van der Waals surface area (Å²) < 4.78 is 41.0. The van der Waals surface area contributed by atoms with Crippen LogP contribution < -0.4 is 5.32 Å². The van der Waals surface area contributed by atoms with Crippen LogP contribution >= 0.6 is 0 Å². The number of rotatable bonds is 5. The van der Waals surface area contributed by atoms with Crippen molar-refractivity contribution in [3.05, 3.63) is 47.7 Å². The maximum absolute atomic E-state index is 13.5. The monoisotopic (exact) mass is 432 g/mol. The summed E-state index contributed by atoms with van der Waals surface area (Å²) in [5.41, 5.74) is 0.997. The average Bonchev–Trinajstić information content (AvgIpc) is 3.18. The van der Waals surface area contributed by atoms with Gasteiger partial charge < -0.3 is 10.4 Å². The molecular weight excluding hydrogens is 409 g/mol. The van der Waals surface area contributed by atoms with Crippen LogP contribution in [0.3, 0.4) is 0 Å². The first-order chi connectivity index (χ1) is 14.7. The van der Waals surface area contributed by atoms with Gasteiger partial charge in [-0.15, -0.1) is 5.10 Å². The number of nitrogens with one attached hydrogen (secondary N) is 1. The fraction of sp³-hybridized carbons (Fsp3) is 0.429. The minimum atomic E-state index is -3.04. The minimum absolute atomic E-state index is 0.129. The van der Waals surface area contributed by atoms with Crippen molar-refractivity contribution >= 4 is 11.6 Å². The Kier molecular flexibility index (Phi) is 5.65. The van der Waals surface area contributed by atoms with Gasteiger partial charge in [-0.3, -0.25) is 0 Å². The van der Waals surface area contributed by atoms with Crippen molar-refractivity contribution in [1.29, 1.82) is 0 Å². The summed E-state index contributed by atoms with van der Waals surface area (Å²) in [6, 6.07) is 5.31. The summed E-state index contributed by atoms with van der Waals surface area (Å²) in [5.74, 6) is -1.28. The Morgan fingerprint density at radius 1 is 1.26 bits per heavy atom. The average molecular weight is 432 g/mol. The van der Waals surface area contributed by atoms with Gasteiger partial charge in [-0.05, 0) is 50.5 Å². The molecule has 2 aromatic heterocycles. The van der Waals surface area contributed by atoms with E-state index >= 15 is 0 Å². The third-order valence-corrected chi connectivity index (χ3v) is 5.57. The first-order valence-electron chi connectivity index (χ1n) is 10.1. The van der Waals surface area contributed by atoms with E-state index in [0.29, 0.717) is 17.8 Å². The minimum Gasteiger partial charge on any atom is -0.388 e. The lowest BCUT2D eigenvalue weighted by Crippen LogP contribution is -2.39. The van der Waals surface area contributed by atoms with Crippen molar-refractivity contribution in [3.63, 3.8) is 0 Å². The van der Waals surface area contributed by atoms with Gasteiger partial charge in [0.05, 0.1) is 24.0 Å². The number of aromatic nitrogens is 5. The number of nitrogens with zero attached hydrogens (tertiary/aromatic N) is 5. The largest absolute Gasteiger partial charge is 0.388 e. The first kappa shape index (κ1) is 21.2. The maximum Gasteiger partial charge on any atom is 0.283 e. The van der Waals surface area contributed by atoms with Crippen LogP contribution in [0.1, 0.15) is 56.3 Å². The normalized spacial score (nSPS) is 21.5. The van der Waals surface area contributed by atoms with Crippen molar-refractivity contribution < 1.29 is 18.3 Å². The second-order valence-electron chi connectivity index (χ2n) is 8.14. The van der Waals surface area contributed by atoms with Gasteiger partial charge in [0.15, 0.2) is 5.82 Å². The van der Waals surface area contributed by atoms with E-state index in [-0.39, 0.29) is 12.0 Å². The van der Waals surface area contributed by atoms with Crippen LogP contribution in [-0.2, 0) is 0 Å². The second kappa shape index (κ2) is 8.26. The molecule has 0 unspecified atom stereocenters. The predicted molar refractivity (Wildman–Crippen MR) is 109 cm³/mol. The highest BCUT2D eigenvalue weighted by Gasteiger charge is 2.36. The third kappa shape index (κ3) is 4.53. The number of aliphatic hydroxyl groups is 1. The Bertz CT molecular complexity index is 1080. The van der Waals surface area contributed by atoms with Crippen LogP contribution in [-0.4, -0.2) is 35.7 Å². The molecule has 2 atom stereocenters. The van der Waals surface area contributed by atoms with Crippen LogP contribution in [0.15, 0.2) is 30.6 Å². The molecule has 0 saturated heterocycles. The Morgan fingerprint density at radius 3 is 2.81 bits per heavy atom. The SMILES string of the molecule is Cc1cc(Nc2ncc(F)c(C(F)F)n2)cc(-c2cn([C@H]3CCCC[C@]3(C)O)nn2)c1. The lowest BCUT2D eigenvalue weighted by Gasteiger charge is -2.36. The molecule has 3 aromatic rings. The summed E-state index contributed by atoms with van der Waals surface area (Å²) in [4.78, 5) is 7.31. The molecule has 2 N–H and O–H groups in total. The Balaban J connectivity index is 1.61. The van der Waals surface area contributed by atoms with Gasteiger partial charge in [-0.25, -0.2) is 27.8 Å². The molecule has 1 saturated carbocycles. The van der Waals surface area contributed by atoms with Gasteiger partial charge in [-0.2, -0.15) is 0 Å². The summed E-state index contributed by atoms with van der Waals surface area (Å²) >= 11 is 0. The molecule has 2 heterocycles. The van der Waals surface area contributed by atoms with Crippen molar-refractivity contribution in [2.75, 3.05) is 5.32 Å². The number of benzene rings is 1. The number of aryl methyl sites for hydroxylation is 1. The number of hydrogen-bond donors (Lipinski definition) is 2. The molecule has 0 aliphatic heterocycles. The fourth-order valence-corrected chi connectivity index (χ4v) is 4.00. The van der Waals surface area contributed by atoms with E-state index in [1.807, 2.05) is 19.9 Å². The van der Waals surface area contributed by atoms with Crippen LogP contribution in [0.25, 0.3) is 11.3 Å². The van der Waals surface area contributed by atoms with Gasteiger partial charge >= 0.3 is 0 Å². The maximum atomic E-state index is 13.5. The molecule has 0 amide bonds. The first-order valence-corrected chi connectivity index (χ1v) is 10.1. The van der Waals surface area contributed by atoms with E-state index in [9.17, 15) is 18.3 Å². The summed E-state index contributed by atoms with van der Waals surface area (Å²) in [7, 11) is 0. The molecule has 0 bridgehead atoms. The van der Waals surface area contributed by atoms with E-state index in [1.165, 1.54) is 0 Å². The zero-order valence-electron chi connectivity index (χ0n) is 17.2. The molecule has 7 nitrogen and oxygen atoms in total. The number of anilines is 2. The molecule has 1 fully saturated rings. The molecule has 31 heavy (non-hydrogen) atoms. The van der Waals surface area contributed by atoms with E-state index in [4.69, 9.17) is 0 Å². The molecular formula is C21H23F3N6O. The van der Waals surface area contributed by atoms with Crippen molar-refractivity contribution in [1.82, 2.24) is 25.0 Å². The summed E-state index contributed by atoms with van der Waals surface area (Å²) in [5, 5.41) is 22.0. The molecule has 1 aromatic carbocycles. The number of hydrogen-bond acceptors (Lipinski definition) is 6. The quantitative estimate of drug-likeness (QED) is 0.606. The Morgan fingerprint density at radius 2 is 2.06 bits per heavy atom. The Labute approximate surface area is 177 Å². The molecule has 0 radical (unpaired) electrons. The number of halogens is 3. The van der Waals surface area contributed by atoms with Crippen molar-refractivity contribution in [2.45, 2.75) is 57.6 Å². The lowest BCUT2D eigenvalue weighted by atomic mass is 9.82. The van der Waals surface area contributed by atoms with Crippen LogP contribution in [0.4, 0.5) is 24.8 Å². The molecule has 10 heteroatoms. The van der Waals surface area contributed by atoms with E-state index in [2.05, 4.69) is 25.6 Å². The topological polar surface area (TPSA) is 88.8 Å². The summed E-state index contributed by atoms with van der Waals surface area (Å²) in [6.07, 6.45) is 3.02. The number of alkyl halides is 2. The van der Waals surface area contributed by atoms with Crippen molar-refractivity contribution in [2.24, 2.45) is 0 Å². The molecule has 1 aliphatic rings. The standard InChI is InChI=1S/C21H23F3N6O/c1-12-7-13(16-11-30(29-28-16)17-5-3-4-6-21(17,2)31)9-14(8-12)26-20-25-10-15(22)18(27-20)19(23)24/h7-11,17,19,31H,3-6H2,1-2H3,(H,25,26,27)/t17-,21-/m0/s1. The van der Waals surface area contributed by atoms with Gasteiger partial charge in [0.25, 0.3) is 6.43 Å². The van der Waals surface area contributed by atoms with E-state index in [0.717, 1.165) is 36.6 Å². The molecule has 1 aliphatic carbocycles. The molecule has 164 valence electrons. The predicted octanol–water partition coefficient (Wildman–Crippen LogP) is 4.73. The fourth-order valence-electron chi connectivity index (χ4n) is 4.00. The van der Waals surface area contributed by atoms with Crippen molar-refractivity contribution in [3.8, 4) is 11.3 Å². The van der Waals surface area contributed by atoms with Gasteiger partial charge in [0.1, 0.15) is 11.4 Å². The van der Waals surface area contributed by atoms with Crippen LogP contribution in [0, 0.1) is 12.7 Å². The third-order valence-electron chi connectivity index (χ3n) is 5.57. The Hall–Kier alpha value is -3.01. The van der Waals surface area contributed by atoms with Gasteiger partial charge in [-0.1, -0.05) is 18.1 Å².